The maximum Gasteiger partial charge on any atom is 0.430 e. The zero-order valence-electron chi connectivity index (χ0n) is 17.4. The standard InChI is InChI=1S/C20H19F6N5O2/c1-9-7-31(8-10(2)28-9)14-6-11(19(21,22)23)5-13(29-14)12-3-4-27-17-15(12)16(20(24,25)26)33-18(32)30-17/h3-6,9-10,16,28H,7-8H2,1-2H3,(H,27,30,32)/t9-,10+,16?. The lowest BCUT2D eigenvalue weighted by molar-refractivity contribution is -0.206. The molecule has 0 aromatic carbocycles. The van der Waals surface area contributed by atoms with E-state index in [0.29, 0.717) is 19.2 Å². The first-order chi connectivity index (χ1) is 15.3. The van der Waals surface area contributed by atoms with Crippen LogP contribution in [0.1, 0.15) is 31.1 Å². The molecule has 1 amide bonds. The van der Waals surface area contributed by atoms with E-state index in [1.165, 1.54) is 0 Å². The highest BCUT2D eigenvalue weighted by atomic mass is 19.4. The number of nitrogens with one attached hydrogen (secondary N) is 2. The van der Waals surface area contributed by atoms with Crippen molar-refractivity contribution < 1.29 is 35.9 Å². The van der Waals surface area contributed by atoms with Gasteiger partial charge in [0.2, 0.25) is 6.10 Å². The summed E-state index contributed by atoms with van der Waals surface area (Å²) in [7, 11) is 0. The van der Waals surface area contributed by atoms with Crippen LogP contribution < -0.4 is 15.5 Å². The van der Waals surface area contributed by atoms with Crippen LogP contribution in [0.4, 0.5) is 42.8 Å². The number of anilines is 2. The maximum atomic E-state index is 13.7. The van der Waals surface area contributed by atoms with Crippen LogP contribution in [0.3, 0.4) is 0 Å². The number of nitrogens with zero attached hydrogens (tertiary/aromatic N) is 3. The van der Waals surface area contributed by atoms with Gasteiger partial charge in [-0.3, -0.25) is 5.32 Å². The van der Waals surface area contributed by atoms with E-state index in [-0.39, 0.29) is 29.2 Å². The Morgan fingerprint density at radius 3 is 2.36 bits per heavy atom. The minimum Gasteiger partial charge on any atom is -0.431 e. The average molecular weight is 475 g/mol. The lowest BCUT2D eigenvalue weighted by atomic mass is 9.98. The van der Waals surface area contributed by atoms with E-state index in [1.807, 2.05) is 13.8 Å². The maximum absolute atomic E-state index is 13.7. The zero-order chi connectivity index (χ0) is 24.1. The van der Waals surface area contributed by atoms with Crippen LogP contribution in [0.25, 0.3) is 11.3 Å². The van der Waals surface area contributed by atoms with Crippen molar-refractivity contribution in [2.75, 3.05) is 23.3 Å². The Morgan fingerprint density at radius 2 is 1.76 bits per heavy atom. The Balaban J connectivity index is 1.90. The third kappa shape index (κ3) is 4.68. The molecule has 2 aromatic rings. The summed E-state index contributed by atoms with van der Waals surface area (Å²) >= 11 is 0. The molecule has 0 radical (unpaired) electrons. The van der Waals surface area contributed by atoms with Gasteiger partial charge < -0.3 is 15.0 Å². The second-order valence-corrected chi connectivity index (χ2v) is 8.04. The van der Waals surface area contributed by atoms with E-state index in [4.69, 9.17) is 0 Å². The fourth-order valence-corrected chi connectivity index (χ4v) is 4.08. The summed E-state index contributed by atoms with van der Waals surface area (Å²) in [6, 6.07) is 2.59. The first-order valence-corrected chi connectivity index (χ1v) is 9.97. The SMILES string of the molecule is C[C@@H]1CN(c2cc(C(F)(F)F)cc(-c3ccnc4c3C(C(F)(F)F)OC(=O)N4)n2)C[C@H](C)N1. The second-order valence-electron chi connectivity index (χ2n) is 8.04. The van der Waals surface area contributed by atoms with Gasteiger partial charge >= 0.3 is 18.4 Å². The summed E-state index contributed by atoms with van der Waals surface area (Å²) in [5, 5.41) is 5.32. The van der Waals surface area contributed by atoms with Gasteiger partial charge in [-0.1, -0.05) is 0 Å². The summed E-state index contributed by atoms with van der Waals surface area (Å²) in [4.78, 5) is 21.3. The number of hydrogen-bond acceptors (Lipinski definition) is 6. The summed E-state index contributed by atoms with van der Waals surface area (Å²) in [5.74, 6) is -0.467. The van der Waals surface area contributed by atoms with Crippen LogP contribution in [0.2, 0.25) is 0 Å². The van der Waals surface area contributed by atoms with Crippen LogP contribution in [0.15, 0.2) is 24.4 Å². The third-order valence-corrected chi connectivity index (χ3v) is 5.29. The lowest BCUT2D eigenvalue weighted by Gasteiger charge is -2.37. The molecule has 1 fully saturated rings. The number of carbonyl (C=O) groups excluding carboxylic acids is 1. The van der Waals surface area contributed by atoms with Gasteiger partial charge in [0.15, 0.2) is 0 Å². The van der Waals surface area contributed by atoms with Gasteiger partial charge in [0, 0.05) is 36.9 Å². The molecule has 0 bridgehead atoms. The highest BCUT2D eigenvalue weighted by Gasteiger charge is 2.49. The van der Waals surface area contributed by atoms with E-state index in [1.54, 1.807) is 4.90 Å². The first-order valence-electron chi connectivity index (χ1n) is 9.97. The molecule has 1 saturated heterocycles. The lowest BCUT2D eigenvalue weighted by Crippen LogP contribution is -2.54. The highest BCUT2D eigenvalue weighted by molar-refractivity contribution is 5.89. The molecule has 2 aliphatic rings. The van der Waals surface area contributed by atoms with Gasteiger partial charge in [-0.25, -0.2) is 14.8 Å². The normalized spacial score (nSPS) is 23.6. The van der Waals surface area contributed by atoms with Gasteiger partial charge in [-0.05, 0) is 32.0 Å². The molecular weight excluding hydrogens is 456 g/mol. The molecule has 0 spiro atoms. The number of pyridine rings is 2. The minimum atomic E-state index is -5.02. The Bertz CT molecular complexity index is 1060. The largest absolute Gasteiger partial charge is 0.431 e. The molecule has 0 aliphatic carbocycles. The fraction of sp³-hybridized carbons (Fsp3) is 0.450. The number of hydrogen-bond donors (Lipinski definition) is 2. The third-order valence-electron chi connectivity index (χ3n) is 5.29. The number of amides is 1. The zero-order valence-corrected chi connectivity index (χ0v) is 17.4. The molecular formula is C20H19F6N5O2. The van der Waals surface area contributed by atoms with E-state index in [2.05, 4.69) is 25.3 Å². The van der Waals surface area contributed by atoms with Gasteiger partial charge in [-0.15, -0.1) is 0 Å². The number of carbonyl (C=O) groups is 1. The van der Waals surface area contributed by atoms with Crippen LogP contribution >= 0.6 is 0 Å². The van der Waals surface area contributed by atoms with Crippen LogP contribution in [0.5, 0.6) is 0 Å². The molecule has 33 heavy (non-hydrogen) atoms. The fourth-order valence-electron chi connectivity index (χ4n) is 4.08. The summed E-state index contributed by atoms with van der Waals surface area (Å²) < 4.78 is 86.5. The molecule has 0 saturated carbocycles. The van der Waals surface area contributed by atoms with Crippen molar-refractivity contribution in [1.82, 2.24) is 15.3 Å². The molecule has 13 heteroatoms. The van der Waals surface area contributed by atoms with Gasteiger partial charge in [0.25, 0.3) is 0 Å². The highest BCUT2D eigenvalue weighted by Crippen LogP contribution is 2.46. The van der Waals surface area contributed by atoms with E-state index in [0.717, 1.165) is 18.3 Å². The predicted molar refractivity (Wildman–Crippen MR) is 106 cm³/mol. The number of piperazine rings is 1. The van der Waals surface area contributed by atoms with Crippen molar-refractivity contribution in [2.45, 2.75) is 44.4 Å². The molecule has 2 N–H and O–H groups in total. The minimum absolute atomic E-state index is 0.0186. The van der Waals surface area contributed by atoms with Crippen LogP contribution in [0, 0.1) is 0 Å². The van der Waals surface area contributed by atoms with E-state index >= 15 is 0 Å². The Labute approximate surface area is 184 Å². The topological polar surface area (TPSA) is 79.4 Å². The molecule has 4 rings (SSSR count). The van der Waals surface area contributed by atoms with Crippen molar-refractivity contribution in [2.24, 2.45) is 0 Å². The Kier molecular flexibility index (Phi) is 5.63. The quantitative estimate of drug-likeness (QED) is 0.623. The molecule has 2 aromatic heterocycles. The molecule has 1 unspecified atom stereocenters. The van der Waals surface area contributed by atoms with E-state index < -0.39 is 41.5 Å². The predicted octanol–water partition coefficient (Wildman–Crippen LogP) is 4.51. The van der Waals surface area contributed by atoms with Gasteiger partial charge in [0.1, 0.15) is 11.6 Å². The van der Waals surface area contributed by atoms with Crippen LogP contribution in [-0.2, 0) is 10.9 Å². The number of rotatable bonds is 2. The number of alkyl halides is 6. The second kappa shape index (κ2) is 8.04. The molecule has 2 aliphatic heterocycles. The number of ether oxygens (including phenoxy) is 1. The number of fused-ring (bicyclic) bond motifs is 1. The summed E-state index contributed by atoms with van der Waals surface area (Å²) in [5.41, 5.74) is -2.28. The molecule has 178 valence electrons. The number of aromatic nitrogens is 2. The van der Waals surface area contributed by atoms with E-state index in [9.17, 15) is 31.1 Å². The summed E-state index contributed by atoms with van der Waals surface area (Å²) in [6.45, 7) is 4.45. The van der Waals surface area contributed by atoms with Gasteiger partial charge in [0.05, 0.1) is 16.8 Å². The Hall–Kier alpha value is -3.09. The number of cyclic esters (lactones) is 1. The Morgan fingerprint density at radius 1 is 1.09 bits per heavy atom. The van der Waals surface area contributed by atoms with Crippen molar-refractivity contribution in [3.8, 4) is 11.3 Å². The number of halogens is 6. The molecule has 4 heterocycles. The van der Waals surface area contributed by atoms with Crippen molar-refractivity contribution in [3.63, 3.8) is 0 Å². The molecule has 7 nitrogen and oxygen atoms in total. The summed E-state index contributed by atoms with van der Waals surface area (Å²) in [6.07, 6.45) is -12.8. The average Bonchev–Trinajstić information content (AvgIpc) is 2.70. The van der Waals surface area contributed by atoms with Crippen molar-refractivity contribution in [1.29, 1.82) is 0 Å². The van der Waals surface area contributed by atoms with Crippen molar-refractivity contribution >= 4 is 17.7 Å². The van der Waals surface area contributed by atoms with Crippen molar-refractivity contribution in [3.05, 3.63) is 35.5 Å². The molecule has 3 atom stereocenters. The first kappa shape index (κ1) is 23.1. The monoisotopic (exact) mass is 475 g/mol. The van der Waals surface area contributed by atoms with Gasteiger partial charge in [-0.2, -0.15) is 26.3 Å². The smallest absolute Gasteiger partial charge is 0.430 e. The van der Waals surface area contributed by atoms with Crippen LogP contribution in [-0.4, -0.2) is 47.4 Å².